The number of fused-ring (bicyclic) bond motifs is 1. The Morgan fingerprint density at radius 3 is 2.56 bits per heavy atom. The van der Waals surface area contributed by atoms with Crippen molar-refractivity contribution < 1.29 is 9.59 Å². The first-order valence-electron chi connectivity index (χ1n) is 14.0. The van der Waals surface area contributed by atoms with E-state index in [1.54, 1.807) is 17.3 Å². The Labute approximate surface area is 259 Å². The molecular weight excluding hydrogens is 578 g/mol. The minimum Gasteiger partial charge on any atom is -0.350 e. The molecule has 216 valence electrons. The first kappa shape index (κ1) is 28.7. The van der Waals surface area contributed by atoms with Crippen LogP contribution in [0.25, 0.3) is 16.9 Å². The Balaban J connectivity index is 1.55. The SMILES string of the molecule is Cc1ccc(-n2nc(-c3ccccc3)c3c2N(CC(=O)NCc2cccnc2)C(=O)CS[C@@H]3c2ccccc2Cl)c(C)c1. The Kier molecular flexibility index (Phi) is 8.31. The van der Waals surface area contributed by atoms with Crippen molar-refractivity contribution >= 4 is 41.0 Å². The van der Waals surface area contributed by atoms with Crippen LogP contribution in [0.4, 0.5) is 5.82 Å². The Morgan fingerprint density at radius 2 is 1.81 bits per heavy atom. The molecule has 0 bridgehead atoms. The van der Waals surface area contributed by atoms with E-state index in [9.17, 15) is 9.59 Å². The minimum atomic E-state index is -0.300. The van der Waals surface area contributed by atoms with Gasteiger partial charge in [-0.3, -0.25) is 19.5 Å². The maximum atomic E-state index is 14.0. The van der Waals surface area contributed by atoms with E-state index < -0.39 is 0 Å². The van der Waals surface area contributed by atoms with E-state index in [4.69, 9.17) is 16.7 Å². The number of amides is 2. The van der Waals surface area contributed by atoms with Crippen LogP contribution in [-0.4, -0.2) is 38.9 Å². The number of aryl methyl sites for hydroxylation is 2. The fourth-order valence-corrected chi connectivity index (χ4v) is 6.92. The number of nitrogens with zero attached hydrogens (tertiary/aromatic N) is 4. The molecule has 1 aliphatic rings. The van der Waals surface area contributed by atoms with Crippen LogP contribution in [0, 0.1) is 13.8 Å². The largest absolute Gasteiger partial charge is 0.350 e. The van der Waals surface area contributed by atoms with E-state index in [0.717, 1.165) is 44.8 Å². The molecule has 0 saturated carbocycles. The topological polar surface area (TPSA) is 80.1 Å². The average Bonchev–Trinajstić information content (AvgIpc) is 3.34. The van der Waals surface area contributed by atoms with E-state index in [1.165, 1.54) is 11.8 Å². The van der Waals surface area contributed by atoms with Gasteiger partial charge in [0.1, 0.15) is 12.4 Å². The highest BCUT2D eigenvalue weighted by Crippen LogP contribution is 2.50. The number of rotatable bonds is 7. The molecule has 0 aliphatic carbocycles. The number of pyridine rings is 1. The standard InChI is InChI=1S/C34H30ClN5O2S/c1-22-14-15-28(23(2)17-22)40-34-31(32(38-40)25-10-4-3-5-11-25)33(26-12-6-7-13-27(26)35)43-21-30(42)39(34)20-29(41)37-19-24-9-8-16-36-18-24/h3-18,33H,19-21H2,1-2H3,(H,37,41)/t33-/m1/s1. The van der Waals surface area contributed by atoms with Crippen molar-refractivity contribution in [1.29, 1.82) is 0 Å². The van der Waals surface area contributed by atoms with Gasteiger partial charge in [0.05, 0.1) is 22.4 Å². The van der Waals surface area contributed by atoms with E-state index >= 15 is 0 Å². The highest BCUT2D eigenvalue weighted by atomic mass is 35.5. The fourth-order valence-electron chi connectivity index (χ4n) is 5.38. The van der Waals surface area contributed by atoms with Crippen LogP contribution in [0.3, 0.4) is 0 Å². The molecule has 3 aromatic carbocycles. The van der Waals surface area contributed by atoms with Gasteiger partial charge in [-0.2, -0.15) is 5.10 Å². The van der Waals surface area contributed by atoms with Gasteiger partial charge >= 0.3 is 0 Å². The number of carbonyl (C=O) groups is 2. The molecule has 1 atom stereocenters. The van der Waals surface area contributed by atoms with Crippen molar-refractivity contribution in [3.63, 3.8) is 0 Å². The molecule has 0 saturated heterocycles. The van der Waals surface area contributed by atoms with Crippen molar-refractivity contribution in [2.24, 2.45) is 0 Å². The van der Waals surface area contributed by atoms with E-state index in [-0.39, 0.29) is 29.4 Å². The number of hydrogen-bond donors (Lipinski definition) is 1. The van der Waals surface area contributed by atoms with Gasteiger partial charge < -0.3 is 5.32 Å². The molecule has 7 nitrogen and oxygen atoms in total. The van der Waals surface area contributed by atoms with Crippen LogP contribution in [0.2, 0.25) is 5.02 Å². The molecule has 2 amide bonds. The van der Waals surface area contributed by atoms with Crippen LogP contribution in [-0.2, 0) is 16.1 Å². The molecule has 1 N–H and O–H groups in total. The summed E-state index contributed by atoms with van der Waals surface area (Å²) in [6, 6.07) is 27.5. The number of anilines is 1. The van der Waals surface area contributed by atoms with Gasteiger partial charge in [-0.05, 0) is 48.7 Å². The summed E-state index contributed by atoms with van der Waals surface area (Å²) < 4.78 is 1.83. The van der Waals surface area contributed by atoms with Gasteiger partial charge in [0.25, 0.3) is 0 Å². The number of carbonyl (C=O) groups excluding carboxylic acids is 2. The smallest absolute Gasteiger partial charge is 0.240 e. The summed E-state index contributed by atoms with van der Waals surface area (Å²) in [6.07, 6.45) is 3.40. The fraction of sp³-hybridized carbons (Fsp3) is 0.176. The second-order valence-corrected chi connectivity index (χ2v) is 12.0. The maximum Gasteiger partial charge on any atom is 0.240 e. The molecule has 0 radical (unpaired) electrons. The van der Waals surface area contributed by atoms with Crippen molar-refractivity contribution in [3.8, 4) is 16.9 Å². The first-order chi connectivity index (χ1) is 20.9. The summed E-state index contributed by atoms with van der Waals surface area (Å²) in [7, 11) is 0. The third kappa shape index (κ3) is 5.94. The highest BCUT2D eigenvalue weighted by molar-refractivity contribution is 8.00. The lowest BCUT2D eigenvalue weighted by Gasteiger charge is -2.24. The van der Waals surface area contributed by atoms with Crippen LogP contribution >= 0.6 is 23.4 Å². The lowest BCUT2D eigenvalue weighted by molar-refractivity contribution is -0.123. The van der Waals surface area contributed by atoms with E-state index in [2.05, 4.69) is 16.4 Å². The third-order valence-electron chi connectivity index (χ3n) is 7.42. The van der Waals surface area contributed by atoms with Crippen molar-refractivity contribution in [1.82, 2.24) is 20.1 Å². The number of hydrogen-bond acceptors (Lipinski definition) is 5. The zero-order chi connectivity index (χ0) is 29.9. The normalized spacial score (nSPS) is 14.7. The predicted molar refractivity (Wildman–Crippen MR) is 173 cm³/mol. The molecule has 43 heavy (non-hydrogen) atoms. The van der Waals surface area contributed by atoms with Gasteiger partial charge in [-0.25, -0.2) is 4.68 Å². The van der Waals surface area contributed by atoms with Crippen LogP contribution < -0.4 is 10.2 Å². The van der Waals surface area contributed by atoms with Gasteiger partial charge in [0.2, 0.25) is 11.8 Å². The lowest BCUT2D eigenvalue weighted by Crippen LogP contribution is -2.42. The molecule has 0 unspecified atom stereocenters. The van der Waals surface area contributed by atoms with Crippen molar-refractivity contribution in [2.75, 3.05) is 17.2 Å². The molecule has 0 spiro atoms. The Morgan fingerprint density at radius 1 is 1.02 bits per heavy atom. The molecule has 9 heteroatoms. The number of aromatic nitrogens is 3. The third-order valence-corrected chi connectivity index (χ3v) is 9.00. The maximum absolute atomic E-state index is 14.0. The summed E-state index contributed by atoms with van der Waals surface area (Å²) in [6.45, 7) is 4.22. The van der Waals surface area contributed by atoms with Crippen molar-refractivity contribution in [3.05, 3.63) is 130 Å². The zero-order valence-corrected chi connectivity index (χ0v) is 25.4. The first-order valence-corrected chi connectivity index (χ1v) is 15.4. The monoisotopic (exact) mass is 607 g/mol. The van der Waals surface area contributed by atoms with Crippen LogP contribution in [0.15, 0.2) is 97.3 Å². The number of thioether (sulfide) groups is 1. The predicted octanol–water partition coefficient (Wildman–Crippen LogP) is 6.69. The van der Waals surface area contributed by atoms with E-state index in [0.29, 0.717) is 17.4 Å². The molecular formula is C34H30ClN5O2S. The molecule has 0 fully saturated rings. The molecule has 2 aromatic heterocycles. The Bertz CT molecular complexity index is 1790. The summed E-state index contributed by atoms with van der Waals surface area (Å²) in [5.74, 6) is 0.283. The second-order valence-electron chi connectivity index (χ2n) is 10.5. The quantitative estimate of drug-likeness (QED) is 0.223. The summed E-state index contributed by atoms with van der Waals surface area (Å²) in [4.78, 5) is 33.1. The minimum absolute atomic E-state index is 0.160. The summed E-state index contributed by atoms with van der Waals surface area (Å²) in [5.41, 5.74) is 7.22. The van der Waals surface area contributed by atoms with E-state index in [1.807, 2.05) is 97.4 Å². The van der Waals surface area contributed by atoms with Gasteiger partial charge in [-0.1, -0.05) is 83.9 Å². The van der Waals surface area contributed by atoms with Crippen molar-refractivity contribution in [2.45, 2.75) is 25.6 Å². The molecule has 6 rings (SSSR count). The zero-order valence-electron chi connectivity index (χ0n) is 23.8. The Hall–Kier alpha value is -4.40. The summed E-state index contributed by atoms with van der Waals surface area (Å²) >= 11 is 8.29. The number of halogens is 1. The van der Waals surface area contributed by atoms with Gasteiger partial charge in [0, 0.05) is 35.1 Å². The van der Waals surface area contributed by atoms with Crippen LogP contribution in [0.5, 0.6) is 0 Å². The molecule has 5 aromatic rings. The average molecular weight is 608 g/mol. The molecule has 3 heterocycles. The second kappa shape index (κ2) is 12.5. The van der Waals surface area contributed by atoms with Gasteiger partial charge in [-0.15, -0.1) is 11.8 Å². The number of benzene rings is 3. The highest BCUT2D eigenvalue weighted by Gasteiger charge is 2.38. The van der Waals surface area contributed by atoms with Crippen LogP contribution in [0.1, 0.15) is 33.1 Å². The molecule has 1 aliphatic heterocycles. The lowest BCUT2D eigenvalue weighted by atomic mass is 9.99. The summed E-state index contributed by atoms with van der Waals surface area (Å²) in [5, 5.41) is 8.45. The number of nitrogens with one attached hydrogen (secondary N) is 1. The van der Waals surface area contributed by atoms with Gasteiger partial charge in [0.15, 0.2) is 0 Å².